The van der Waals surface area contributed by atoms with Crippen LogP contribution < -0.4 is 10.6 Å². The number of amides is 2. The number of alkyl halides is 3. The predicted molar refractivity (Wildman–Crippen MR) is 69.5 cm³/mol. The van der Waals surface area contributed by atoms with E-state index in [-0.39, 0.29) is 17.1 Å². The molecule has 0 saturated heterocycles. The van der Waals surface area contributed by atoms with Crippen LogP contribution in [-0.2, 0) is 9.53 Å². The number of hydrogen-bond acceptors (Lipinski definition) is 6. The maximum Gasteiger partial charge on any atom is 0.405 e. The van der Waals surface area contributed by atoms with Gasteiger partial charge in [0.25, 0.3) is 5.91 Å². The number of rotatable bonds is 5. The molecule has 0 saturated carbocycles. The highest BCUT2D eigenvalue weighted by Crippen LogP contribution is 2.11. The first-order valence-corrected chi connectivity index (χ1v) is 6.17. The van der Waals surface area contributed by atoms with E-state index < -0.39 is 37.0 Å². The molecular weight excluding hydrogens is 321 g/mol. The minimum absolute atomic E-state index is 0.0982. The van der Waals surface area contributed by atoms with E-state index in [4.69, 9.17) is 0 Å². The van der Waals surface area contributed by atoms with Gasteiger partial charge >= 0.3 is 12.1 Å². The van der Waals surface area contributed by atoms with Crippen LogP contribution in [0.3, 0.4) is 0 Å². The maximum atomic E-state index is 11.9. The zero-order chi connectivity index (χ0) is 17.6. The molecule has 0 fully saturated rings. The average Bonchev–Trinajstić information content (AvgIpc) is 2.48. The maximum absolute atomic E-state index is 11.9. The Morgan fingerprint density at radius 3 is 2.43 bits per heavy atom. The number of ether oxygens (including phenoxy) is 1. The average molecular weight is 334 g/mol. The largest absolute Gasteiger partial charge is 0.464 e. The van der Waals surface area contributed by atoms with Gasteiger partial charge in [0.2, 0.25) is 5.91 Å². The Bertz CT molecular complexity index is 619. The molecular formula is C12H13F3N4O4. The predicted octanol–water partition coefficient (Wildman–Crippen LogP) is -0.0201. The normalized spacial score (nSPS) is 10.8. The summed E-state index contributed by atoms with van der Waals surface area (Å²) >= 11 is 0. The van der Waals surface area contributed by atoms with Crippen molar-refractivity contribution >= 4 is 17.8 Å². The lowest BCUT2D eigenvalue weighted by Crippen LogP contribution is -2.41. The van der Waals surface area contributed by atoms with E-state index >= 15 is 0 Å². The Labute approximate surface area is 128 Å². The molecule has 0 spiro atoms. The Hall–Kier alpha value is -2.72. The van der Waals surface area contributed by atoms with Crippen LogP contribution in [0.4, 0.5) is 13.2 Å². The highest BCUT2D eigenvalue weighted by molar-refractivity contribution is 5.96. The summed E-state index contributed by atoms with van der Waals surface area (Å²) in [5, 5.41) is 3.70. The molecule has 0 aromatic carbocycles. The molecule has 2 amide bonds. The number of aromatic nitrogens is 2. The number of esters is 1. The van der Waals surface area contributed by atoms with Crippen molar-refractivity contribution in [1.82, 2.24) is 20.6 Å². The Balaban J connectivity index is 2.62. The molecule has 1 aromatic rings. The van der Waals surface area contributed by atoms with Crippen molar-refractivity contribution in [3.63, 3.8) is 0 Å². The number of halogens is 3. The van der Waals surface area contributed by atoms with Gasteiger partial charge in [0.05, 0.1) is 25.5 Å². The fraction of sp³-hybridized carbons (Fsp3) is 0.417. The number of methoxy groups -OCH3 is 1. The van der Waals surface area contributed by atoms with Crippen molar-refractivity contribution in [3.8, 4) is 0 Å². The highest BCUT2D eigenvalue weighted by atomic mass is 19.4. The number of aryl methyl sites for hydroxylation is 1. The Kier molecular flexibility index (Phi) is 5.99. The van der Waals surface area contributed by atoms with E-state index in [1.807, 2.05) is 0 Å². The van der Waals surface area contributed by atoms with Gasteiger partial charge in [-0.25, -0.2) is 14.8 Å². The fourth-order valence-electron chi connectivity index (χ4n) is 1.41. The summed E-state index contributed by atoms with van der Waals surface area (Å²) in [5.74, 6) is -2.56. The second-order valence-electron chi connectivity index (χ2n) is 4.26. The second-order valence-corrected chi connectivity index (χ2v) is 4.26. The molecule has 23 heavy (non-hydrogen) atoms. The van der Waals surface area contributed by atoms with Crippen molar-refractivity contribution < 1.29 is 32.3 Å². The van der Waals surface area contributed by atoms with Gasteiger partial charge in [-0.1, -0.05) is 0 Å². The van der Waals surface area contributed by atoms with Crippen LogP contribution in [0.25, 0.3) is 0 Å². The van der Waals surface area contributed by atoms with Gasteiger partial charge in [-0.05, 0) is 6.92 Å². The summed E-state index contributed by atoms with van der Waals surface area (Å²) in [6.45, 7) is -0.749. The minimum atomic E-state index is -4.54. The third-order valence-electron chi connectivity index (χ3n) is 2.45. The molecule has 0 radical (unpaired) electrons. The number of carbonyl (C=O) groups excluding carboxylic acids is 3. The molecule has 0 aliphatic heterocycles. The number of nitrogens with one attached hydrogen (secondary N) is 2. The summed E-state index contributed by atoms with van der Waals surface area (Å²) in [4.78, 5) is 41.7. The molecule has 2 N–H and O–H groups in total. The van der Waals surface area contributed by atoms with Crippen molar-refractivity contribution in [1.29, 1.82) is 0 Å². The van der Waals surface area contributed by atoms with E-state index in [0.29, 0.717) is 0 Å². The second kappa shape index (κ2) is 7.51. The zero-order valence-electron chi connectivity index (χ0n) is 12.2. The quantitative estimate of drug-likeness (QED) is 0.732. The summed E-state index contributed by atoms with van der Waals surface area (Å²) in [5.41, 5.74) is -0.174. The minimum Gasteiger partial charge on any atom is -0.464 e. The van der Waals surface area contributed by atoms with E-state index in [0.717, 1.165) is 13.3 Å². The topological polar surface area (TPSA) is 110 Å². The van der Waals surface area contributed by atoms with Crippen LogP contribution >= 0.6 is 0 Å². The molecule has 0 unspecified atom stereocenters. The monoisotopic (exact) mass is 334 g/mol. The van der Waals surface area contributed by atoms with Crippen LogP contribution in [0.1, 0.15) is 26.7 Å². The van der Waals surface area contributed by atoms with E-state index in [1.165, 1.54) is 6.92 Å². The highest BCUT2D eigenvalue weighted by Gasteiger charge is 2.27. The van der Waals surface area contributed by atoms with Crippen molar-refractivity contribution in [3.05, 3.63) is 23.3 Å². The number of carbonyl (C=O) groups is 3. The first kappa shape index (κ1) is 18.3. The summed E-state index contributed by atoms with van der Waals surface area (Å²) < 4.78 is 40.2. The van der Waals surface area contributed by atoms with Gasteiger partial charge in [-0.15, -0.1) is 0 Å². The van der Waals surface area contributed by atoms with Gasteiger partial charge in [0, 0.05) is 0 Å². The van der Waals surface area contributed by atoms with Gasteiger partial charge in [0.1, 0.15) is 12.2 Å². The molecule has 11 heteroatoms. The number of hydrogen-bond donors (Lipinski definition) is 2. The van der Waals surface area contributed by atoms with Crippen molar-refractivity contribution in [2.75, 3.05) is 20.2 Å². The molecule has 1 rings (SSSR count). The van der Waals surface area contributed by atoms with Gasteiger partial charge < -0.3 is 15.4 Å². The smallest absolute Gasteiger partial charge is 0.405 e. The number of nitrogens with zero attached hydrogens (tertiary/aromatic N) is 2. The standard InChI is InChI=1S/C12H13F3N4O4/c1-6-9(16-3-7(19-6)11(22)23-2)10(21)17-4-8(20)18-5-12(13,14)15/h3H,4-5H2,1-2H3,(H,17,21)(H,18,20). The first-order valence-electron chi connectivity index (χ1n) is 6.17. The molecule has 0 bridgehead atoms. The van der Waals surface area contributed by atoms with Gasteiger partial charge in [0.15, 0.2) is 5.69 Å². The van der Waals surface area contributed by atoms with Crippen molar-refractivity contribution in [2.24, 2.45) is 0 Å². The van der Waals surface area contributed by atoms with Crippen LogP contribution in [0, 0.1) is 6.92 Å². The van der Waals surface area contributed by atoms with E-state index in [2.05, 4.69) is 20.0 Å². The van der Waals surface area contributed by atoms with Gasteiger partial charge in [-0.2, -0.15) is 13.2 Å². The first-order chi connectivity index (χ1) is 10.6. The third kappa shape index (κ3) is 5.88. The zero-order valence-corrected chi connectivity index (χ0v) is 12.2. The molecule has 0 aliphatic carbocycles. The van der Waals surface area contributed by atoms with Crippen LogP contribution in [0.15, 0.2) is 6.20 Å². The summed E-state index contributed by atoms with van der Waals surface area (Å²) in [6, 6.07) is 0. The lowest BCUT2D eigenvalue weighted by molar-refractivity contribution is -0.137. The molecule has 0 aliphatic rings. The van der Waals surface area contributed by atoms with E-state index in [9.17, 15) is 27.6 Å². The molecule has 1 aromatic heterocycles. The van der Waals surface area contributed by atoms with Crippen LogP contribution in [0.2, 0.25) is 0 Å². The van der Waals surface area contributed by atoms with Crippen LogP contribution in [-0.4, -0.2) is 54.1 Å². The third-order valence-corrected chi connectivity index (χ3v) is 2.45. The molecule has 8 nitrogen and oxygen atoms in total. The Morgan fingerprint density at radius 1 is 1.26 bits per heavy atom. The molecule has 126 valence electrons. The lowest BCUT2D eigenvalue weighted by atomic mass is 10.3. The van der Waals surface area contributed by atoms with E-state index in [1.54, 1.807) is 5.32 Å². The van der Waals surface area contributed by atoms with Crippen molar-refractivity contribution in [2.45, 2.75) is 13.1 Å². The van der Waals surface area contributed by atoms with Crippen LogP contribution in [0.5, 0.6) is 0 Å². The summed E-state index contributed by atoms with van der Waals surface area (Å²) in [7, 11) is 1.15. The Morgan fingerprint density at radius 2 is 1.91 bits per heavy atom. The SMILES string of the molecule is COC(=O)c1cnc(C(=O)NCC(=O)NCC(F)(F)F)c(C)n1. The molecule has 0 atom stereocenters. The molecule has 1 heterocycles. The lowest BCUT2D eigenvalue weighted by Gasteiger charge is -2.09. The van der Waals surface area contributed by atoms with Gasteiger partial charge in [-0.3, -0.25) is 9.59 Å². The summed E-state index contributed by atoms with van der Waals surface area (Å²) in [6.07, 6.45) is -3.52. The fourth-order valence-corrected chi connectivity index (χ4v) is 1.41.